The van der Waals surface area contributed by atoms with Gasteiger partial charge in [-0.05, 0) is 0 Å². The van der Waals surface area contributed by atoms with Crippen LogP contribution in [0, 0.1) is 0 Å². The number of hydrogen-bond donors (Lipinski definition) is 0. The van der Waals surface area contributed by atoms with Crippen LogP contribution in [0.4, 0.5) is 0 Å². The van der Waals surface area contributed by atoms with Gasteiger partial charge in [-0.3, -0.25) is 0 Å². The summed E-state index contributed by atoms with van der Waals surface area (Å²) < 4.78 is 0. The SMILES string of the molecule is S=S=S=S=S=S=S=S=S=S=S=S=S=S=S. The van der Waals surface area contributed by atoms with Crippen LogP contribution in [0.3, 0.4) is 0 Å². The first-order valence-corrected chi connectivity index (χ1v) is 21.0. The maximum atomic E-state index is 4.72. The molecule has 0 heterocycles. The third-order valence-corrected chi connectivity index (χ3v) is 27.0. The maximum Gasteiger partial charge on any atom is 0 e. The van der Waals surface area contributed by atoms with Gasteiger partial charge in [-0.1, -0.05) is 0 Å². The Balaban J connectivity index is 5.62. The maximum absolute atomic E-state index is 4.72. The van der Waals surface area contributed by atoms with E-state index in [4.69, 9.17) is 22.4 Å². The molecule has 0 aromatic carbocycles. The van der Waals surface area contributed by atoms with Crippen molar-refractivity contribution in [2.45, 2.75) is 0 Å². The minimum Gasteiger partial charge on any atom is 0 e. The van der Waals surface area contributed by atoms with Crippen LogP contribution in [0.1, 0.15) is 0 Å². The zero-order valence-corrected chi connectivity index (χ0v) is 18.4. The molecule has 0 aromatic rings. The highest BCUT2D eigenvalue weighted by Gasteiger charge is 1.40. The molecule has 0 saturated heterocycles. The summed E-state index contributed by atoms with van der Waals surface area (Å²) in [5, 5.41) is 0. The Hall–Kier alpha value is 3.30. The first-order valence-electron chi connectivity index (χ1n) is 2.33. The normalized spacial score (nSPS) is 7.20. The second-order valence-electron chi connectivity index (χ2n) is 0.885. The highest BCUT2D eigenvalue weighted by atomic mass is 33.5. The summed E-state index contributed by atoms with van der Waals surface area (Å²) in [6.07, 6.45) is 0. The van der Waals surface area contributed by atoms with Crippen LogP contribution in [0.25, 0.3) is 0 Å². The Labute approximate surface area is 135 Å². The van der Waals surface area contributed by atoms with E-state index in [1.54, 1.807) is 97.7 Å². The molecule has 0 aromatic heterocycles. The van der Waals surface area contributed by atoms with Gasteiger partial charge >= 0.3 is 0 Å². The summed E-state index contributed by atoms with van der Waals surface area (Å²) in [6, 6.07) is 0. The molecule has 0 N–H and O–H groups in total. The molecule has 0 radical (unpaired) electrons. The predicted octanol–water partition coefficient (Wildman–Crippen LogP) is -0.0360. The third-order valence-electron chi connectivity index (χ3n) is 0.333. The van der Waals surface area contributed by atoms with Crippen LogP contribution in [0.2, 0.25) is 0 Å². The Morgan fingerprint density at radius 3 is 0.733 bits per heavy atom. The van der Waals surface area contributed by atoms with Crippen LogP contribution >= 0.6 is 0 Å². The lowest BCUT2D eigenvalue weighted by molar-refractivity contribution is 5.98. The van der Waals surface area contributed by atoms with E-state index in [9.17, 15) is 0 Å². The average molecular weight is 481 g/mol. The van der Waals surface area contributed by atoms with Crippen molar-refractivity contribution in [1.82, 2.24) is 0 Å². The molecule has 0 rings (SSSR count). The minimum absolute atomic E-state index is 1.37. The molecule has 0 atom stereocenters. The van der Waals surface area contributed by atoms with Crippen molar-refractivity contribution in [3.63, 3.8) is 0 Å². The number of hydrogen-bond acceptors (Lipinski definition) is 2. The van der Waals surface area contributed by atoms with Gasteiger partial charge in [0.05, 0.1) is 0 Å². The molecule has 15 heteroatoms. The lowest BCUT2D eigenvalue weighted by Gasteiger charge is -1.39. The Morgan fingerprint density at radius 2 is 0.533 bits per heavy atom. The summed E-state index contributed by atoms with van der Waals surface area (Å²) in [7, 11) is 21.7. The van der Waals surface area contributed by atoms with E-state index in [1.807, 2.05) is 0 Å². The lowest BCUT2D eigenvalue weighted by atomic mass is 30.7. The van der Waals surface area contributed by atoms with Gasteiger partial charge in [-0.25, -0.2) is 0 Å². The van der Waals surface area contributed by atoms with Crippen molar-refractivity contribution in [3.05, 3.63) is 0 Å². The fraction of sp³-hybridized carbons (Fsp3) is 0. The fourth-order valence-electron chi connectivity index (χ4n) is 0.125. The Kier molecular flexibility index (Phi) is 21.1. The van der Waals surface area contributed by atoms with Crippen molar-refractivity contribution >= 4 is 138 Å². The van der Waals surface area contributed by atoms with E-state index in [0.29, 0.717) is 0 Å². The van der Waals surface area contributed by atoms with Crippen LogP contribution in [-0.2, 0) is 138 Å². The van der Waals surface area contributed by atoms with Gasteiger partial charge in [-0.2, -0.15) is 0 Å². The second kappa shape index (κ2) is 17.3. The van der Waals surface area contributed by atoms with Crippen LogP contribution in [-0.4, -0.2) is 0 Å². The third kappa shape index (κ3) is 17.3. The van der Waals surface area contributed by atoms with Crippen LogP contribution < -0.4 is 0 Å². The molecule has 90 valence electrons. The topological polar surface area (TPSA) is 0 Å². The van der Waals surface area contributed by atoms with Crippen molar-refractivity contribution in [2.24, 2.45) is 0 Å². The molecule has 0 amide bonds. The predicted molar refractivity (Wildman–Crippen MR) is 110 cm³/mol. The molecule has 15 heavy (non-hydrogen) atoms. The van der Waals surface area contributed by atoms with Gasteiger partial charge in [0.15, 0.2) is 0 Å². The van der Waals surface area contributed by atoms with E-state index < -0.39 is 0 Å². The second-order valence-corrected chi connectivity index (χ2v) is 23.9. The zero-order chi connectivity index (χ0) is 11.2. The van der Waals surface area contributed by atoms with Crippen LogP contribution in [0.5, 0.6) is 0 Å². The Bertz CT molecular complexity index is 632. The van der Waals surface area contributed by atoms with Gasteiger partial charge in [0.2, 0.25) is 0 Å². The van der Waals surface area contributed by atoms with E-state index >= 15 is 0 Å². The smallest absolute Gasteiger partial charge is 0 e. The van der Waals surface area contributed by atoms with Crippen molar-refractivity contribution in [3.8, 4) is 0 Å². The minimum atomic E-state index is 1.37. The van der Waals surface area contributed by atoms with E-state index in [1.165, 1.54) is 17.8 Å². The highest BCUT2D eigenvalue weighted by Crippen LogP contribution is 1.39. The monoisotopic (exact) mass is 480 g/mol. The first-order chi connectivity index (χ1) is 7.41. The van der Waals surface area contributed by atoms with E-state index in [0.717, 1.165) is 0 Å². The van der Waals surface area contributed by atoms with E-state index in [-0.39, 0.29) is 0 Å². The summed E-state index contributed by atoms with van der Waals surface area (Å²) in [5.74, 6) is 0. The molecule has 0 aliphatic heterocycles. The molecular weight excluding hydrogens is 481 g/mol. The van der Waals surface area contributed by atoms with Gasteiger partial charge in [0, 0.05) is 138 Å². The zero-order valence-electron chi connectivity index (χ0n) is 6.12. The standard InChI is InChI=1S/S15/c1-3-5-7-9-11-13-15-14-12-10-8-6-4-2. The summed E-state index contributed by atoms with van der Waals surface area (Å²) in [6.45, 7) is 0. The highest BCUT2D eigenvalue weighted by molar-refractivity contribution is 8.76. The Morgan fingerprint density at radius 1 is 0.333 bits per heavy atom. The van der Waals surface area contributed by atoms with E-state index in [2.05, 4.69) is 0 Å². The quantitative estimate of drug-likeness (QED) is 0.477. The molecular formula is S15. The van der Waals surface area contributed by atoms with Crippen molar-refractivity contribution < 1.29 is 0 Å². The molecule has 0 nitrogen and oxygen atoms in total. The first kappa shape index (κ1) is 18.3. The number of rotatable bonds is 0. The van der Waals surface area contributed by atoms with Crippen molar-refractivity contribution in [2.75, 3.05) is 0 Å². The van der Waals surface area contributed by atoms with Gasteiger partial charge < -0.3 is 0 Å². The lowest BCUT2D eigenvalue weighted by Crippen LogP contribution is -1.39. The fourth-order valence-corrected chi connectivity index (χ4v) is 30.3. The molecule has 0 saturated carbocycles. The molecule has 0 spiro atoms. The summed E-state index contributed by atoms with van der Waals surface area (Å²) in [5.41, 5.74) is 0. The van der Waals surface area contributed by atoms with Gasteiger partial charge in [-0.15, -0.1) is 0 Å². The summed E-state index contributed by atoms with van der Waals surface area (Å²) >= 11 is 9.45. The summed E-state index contributed by atoms with van der Waals surface area (Å²) in [4.78, 5) is 0. The van der Waals surface area contributed by atoms with Crippen LogP contribution in [0.15, 0.2) is 0 Å². The molecule has 0 bridgehead atoms. The largest absolute Gasteiger partial charge is 0 e. The van der Waals surface area contributed by atoms with Crippen molar-refractivity contribution in [1.29, 1.82) is 0 Å². The molecule has 0 fully saturated rings. The molecule has 0 unspecified atom stereocenters. The average Bonchev–Trinajstić information content (AvgIpc) is 2.26. The molecule has 0 aliphatic carbocycles. The van der Waals surface area contributed by atoms with Gasteiger partial charge in [0.1, 0.15) is 0 Å². The molecule has 0 aliphatic rings. The van der Waals surface area contributed by atoms with Gasteiger partial charge in [0.25, 0.3) is 0 Å².